The first-order chi connectivity index (χ1) is 8.47. The summed E-state index contributed by atoms with van der Waals surface area (Å²) < 4.78 is 0. The Morgan fingerprint density at radius 3 is 2.44 bits per heavy atom. The summed E-state index contributed by atoms with van der Waals surface area (Å²) in [6.45, 7) is 15.6. The number of nitrogens with zero attached hydrogens (tertiary/aromatic N) is 1. The Morgan fingerprint density at radius 2 is 1.94 bits per heavy atom. The molecule has 1 saturated carbocycles. The molecule has 2 rings (SSSR count). The zero-order valence-corrected chi connectivity index (χ0v) is 13.0. The molecule has 0 spiro atoms. The van der Waals surface area contributed by atoms with Crippen molar-refractivity contribution in [2.24, 2.45) is 17.8 Å². The molecule has 0 aromatic heterocycles. The quantitative estimate of drug-likeness (QED) is 0.809. The molecular formula is C16H32N2. The lowest BCUT2D eigenvalue weighted by Gasteiger charge is -2.50. The van der Waals surface area contributed by atoms with Crippen LogP contribution >= 0.6 is 0 Å². The molecule has 1 heterocycles. The Labute approximate surface area is 114 Å². The van der Waals surface area contributed by atoms with Crippen LogP contribution in [0.25, 0.3) is 0 Å². The van der Waals surface area contributed by atoms with Gasteiger partial charge in [0, 0.05) is 31.2 Å². The van der Waals surface area contributed by atoms with Crippen LogP contribution < -0.4 is 5.32 Å². The topological polar surface area (TPSA) is 15.3 Å². The summed E-state index contributed by atoms with van der Waals surface area (Å²) in [4.78, 5) is 2.82. The van der Waals surface area contributed by atoms with Crippen molar-refractivity contribution in [3.63, 3.8) is 0 Å². The summed E-state index contributed by atoms with van der Waals surface area (Å²) >= 11 is 0. The highest BCUT2D eigenvalue weighted by molar-refractivity contribution is 5.05. The van der Waals surface area contributed by atoms with E-state index in [2.05, 4.69) is 44.8 Å². The molecule has 0 radical (unpaired) electrons. The molecule has 18 heavy (non-hydrogen) atoms. The molecule has 2 nitrogen and oxygen atoms in total. The molecule has 106 valence electrons. The molecule has 1 N–H and O–H groups in total. The lowest BCUT2D eigenvalue weighted by atomic mass is 9.86. The smallest absolute Gasteiger partial charge is 0.0334 e. The van der Waals surface area contributed by atoms with Crippen LogP contribution in [0.4, 0.5) is 0 Å². The first kappa shape index (κ1) is 14.3. The van der Waals surface area contributed by atoms with Crippen molar-refractivity contribution in [3.05, 3.63) is 0 Å². The van der Waals surface area contributed by atoms with Gasteiger partial charge in [-0.1, -0.05) is 34.1 Å². The minimum Gasteiger partial charge on any atom is -0.311 e. The molecule has 0 aromatic carbocycles. The second-order valence-electron chi connectivity index (χ2n) is 7.28. The molecule has 0 bridgehead atoms. The first-order valence-corrected chi connectivity index (χ1v) is 7.95. The van der Waals surface area contributed by atoms with Crippen LogP contribution in [0.1, 0.15) is 53.9 Å². The van der Waals surface area contributed by atoms with Crippen molar-refractivity contribution >= 4 is 0 Å². The molecule has 2 heteroatoms. The van der Waals surface area contributed by atoms with Crippen LogP contribution in [0.3, 0.4) is 0 Å². The predicted molar refractivity (Wildman–Crippen MR) is 78.8 cm³/mol. The summed E-state index contributed by atoms with van der Waals surface area (Å²) in [7, 11) is 0. The van der Waals surface area contributed by atoms with Crippen LogP contribution in [0.5, 0.6) is 0 Å². The van der Waals surface area contributed by atoms with Gasteiger partial charge < -0.3 is 5.32 Å². The molecule has 1 saturated heterocycles. The van der Waals surface area contributed by atoms with E-state index in [1.807, 2.05) is 0 Å². The van der Waals surface area contributed by atoms with Gasteiger partial charge in [0.05, 0.1) is 0 Å². The number of nitrogens with one attached hydrogen (secondary N) is 1. The predicted octanol–water partition coefficient (Wildman–Crippen LogP) is 3.13. The van der Waals surface area contributed by atoms with Crippen LogP contribution in [0.15, 0.2) is 0 Å². The van der Waals surface area contributed by atoms with Gasteiger partial charge in [-0.15, -0.1) is 0 Å². The third kappa shape index (κ3) is 2.91. The zero-order valence-electron chi connectivity index (χ0n) is 13.0. The van der Waals surface area contributed by atoms with E-state index in [4.69, 9.17) is 0 Å². The highest BCUT2D eigenvalue weighted by Gasteiger charge is 2.48. The fourth-order valence-electron chi connectivity index (χ4n) is 3.30. The maximum atomic E-state index is 3.81. The molecule has 3 atom stereocenters. The van der Waals surface area contributed by atoms with Gasteiger partial charge in [-0.3, -0.25) is 4.90 Å². The van der Waals surface area contributed by atoms with Gasteiger partial charge in [0.2, 0.25) is 0 Å². The molecule has 3 unspecified atom stereocenters. The third-order valence-corrected chi connectivity index (χ3v) is 5.35. The fraction of sp³-hybridized carbons (Fsp3) is 1.00. The summed E-state index contributed by atoms with van der Waals surface area (Å²) in [5, 5.41) is 3.81. The monoisotopic (exact) mass is 252 g/mol. The second-order valence-corrected chi connectivity index (χ2v) is 7.28. The highest BCUT2D eigenvalue weighted by Crippen LogP contribution is 2.44. The summed E-state index contributed by atoms with van der Waals surface area (Å²) in [6, 6.07) is 0.681. The molecule has 1 aliphatic carbocycles. The lowest BCUT2D eigenvalue weighted by Crippen LogP contribution is -2.66. The van der Waals surface area contributed by atoms with E-state index in [-0.39, 0.29) is 0 Å². The largest absolute Gasteiger partial charge is 0.311 e. The zero-order chi connectivity index (χ0) is 13.3. The lowest BCUT2D eigenvalue weighted by molar-refractivity contribution is 0.0146. The first-order valence-electron chi connectivity index (χ1n) is 7.95. The van der Waals surface area contributed by atoms with Gasteiger partial charge >= 0.3 is 0 Å². The number of rotatable bonds is 5. The fourth-order valence-corrected chi connectivity index (χ4v) is 3.30. The van der Waals surface area contributed by atoms with Gasteiger partial charge in [-0.2, -0.15) is 0 Å². The molecule has 0 amide bonds. The van der Waals surface area contributed by atoms with Crippen LogP contribution in [0.2, 0.25) is 0 Å². The number of hydrogen-bond donors (Lipinski definition) is 1. The Bertz CT molecular complexity index is 272. The SMILES string of the molecule is CCC(C)CN1CC(C(C)C)NCC1(C)C1CC1. The molecule has 2 fully saturated rings. The normalized spacial score (nSPS) is 36.0. The van der Waals surface area contributed by atoms with Gasteiger partial charge in [0.15, 0.2) is 0 Å². The van der Waals surface area contributed by atoms with E-state index in [0.717, 1.165) is 17.8 Å². The van der Waals surface area contributed by atoms with Crippen LogP contribution in [0, 0.1) is 17.8 Å². The highest BCUT2D eigenvalue weighted by atomic mass is 15.3. The molecule has 0 aromatic rings. The van der Waals surface area contributed by atoms with Crippen molar-refractivity contribution < 1.29 is 0 Å². The van der Waals surface area contributed by atoms with Crippen molar-refractivity contribution in [1.82, 2.24) is 10.2 Å². The molecule has 2 aliphatic rings. The van der Waals surface area contributed by atoms with Crippen molar-refractivity contribution in [2.75, 3.05) is 19.6 Å². The summed E-state index contributed by atoms with van der Waals surface area (Å²) in [5.41, 5.74) is 0.425. The average molecular weight is 252 g/mol. The second kappa shape index (κ2) is 5.50. The van der Waals surface area contributed by atoms with Crippen LogP contribution in [-0.4, -0.2) is 36.1 Å². The van der Waals surface area contributed by atoms with Gasteiger partial charge in [-0.05, 0) is 37.5 Å². The number of piperazine rings is 1. The van der Waals surface area contributed by atoms with Crippen molar-refractivity contribution in [2.45, 2.75) is 65.5 Å². The minimum atomic E-state index is 0.425. The van der Waals surface area contributed by atoms with Crippen molar-refractivity contribution in [1.29, 1.82) is 0 Å². The Balaban J connectivity index is 2.05. The Kier molecular flexibility index (Phi) is 4.38. The molecule has 1 aliphatic heterocycles. The maximum absolute atomic E-state index is 3.81. The van der Waals surface area contributed by atoms with E-state index in [0.29, 0.717) is 11.6 Å². The van der Waals surface area contributed by atoms with E-state index >= 15 is 0 Å². The number of hydrogen-bond acceptors (Lipinski definition) is 2. The third-order valence-electron chi connectivity index (χ3n) is 5.35. The Hall–Kier alpha value is -0.0800. The summed E-state index contributed by atoms with van der Waals surface area (Å²) in [6.07, 6.45) is 4.19. The van der Waals surface area contributed by atoms with Crippen molar-refractivity contribution in [3.8, 4) is 0 Å². The summed E-state index contributed by atoms with van der Waals surface area (Å²) in [5.74, 6) is 2.52. The standard InChI is InChI=1S/C16H32N2/c1-6-13(4)9-18-10-15(12(2)3)17-11-16(18,5)14-7-8-14/h12-15,17H,6-11H2,1-5H3. The maximum Gasteiger partial charge on any atom is 0.0334 e. The van der Waals surface area contributed by atoms with E-state index < -0.39 is 0 Å². The van der Waals surface area contributed by atoms with Gasteiger partial charge in [-0.25, -0.2) is 0 Å². The van der Waals surface area contributed by atoms with E-state index in [1.54, 1.807) is 0 Å². The van der Waals surface area contributed by atoms with Gasteiger partial charge in [0.25, 0.3) is 0 Å². The van der Waals surface area contributed by atoms with Gasteiger partial charge in [0.1, 0.15) is 0 Å². The van der Waals surface area contributed by atoms with E-state index in [1.165, 1.54) is 38.9 Å². The van der Waals surface area contributed by atoms with Crippen LogP contribution in [-0.2, 0) is 0 Å². The Morgan fingerprint density at radius 1 is 1.28 bits per heavy atom. The van der Waals surface area contributed by atoms with E-state index in [9.17, 15) is 0 Å². The average Bonchev–Trinajstić information content (AvgIpc) is 3.15. The molecular weight excluding hydrogens is 220 g/mol. The minimum absolute atomic E-state index is 0.425.